The first-order valence-corrected chi connectivity index (χ1v) is 6.64. The lowest BCUT2D eigenvalue weighted by Crippen LogP contribution is -2.37. The molecule has 0 bridgehead atoms. The third kappa shape index (κ3) is 4.07. The van der Waals surface area contributed by atoms with Gasteiger partial charge < -0.3 is 5.32 Å². The summed E-state index contributed by atoms with van der Waals surface area (Å²) in [5, 5.41) is 2.92. The largest absolute Gasteiger partial charge is 0.348 e. The van der Waals surface area contributed by atoms with Crippen molar-refractivity contribution in [3.8, 4) is 0 Å². The highest BCUT2D eigenvalue weighted by atomic mass is 35.5. The number of pyridine rings is 1. The minimum Gasteiger partial charge on any atom is -0.348 e. The van der Waals surface area contributed by atoms with Crippen LogP contribution in [0.15, 0.2) is 54.9 Å². The first-order valence-electron chi connectivity index (χ1n) is 6.10. The molecule has 4 heteroatoms. The Balaban J connectivity index is 1.98. The summed E-state index contributed by atoms with van der Waals surface area (Å²) in [6, 6.07) is 13.3. The van der Waals surface area contributed by atoms with E-state index in [1.54, 1.807) is 24.5 Å². The standard InChI is InChI=1S/C15H15ClN2O/c16-10-14(9-12-5-2-1-3-6-12)18-15(19)13-7-4-8-17-11-13/h1-8,11,14H,9-10H2,(H,18,19). The van der Waals surface area contributed by atoms with E-state index in [1.807, 2.05) is 30.3 Å². The van der Waals surface area contributed by atoms with Gasteiger partial charge in [0.2, 0.25) is 0 Å². The van der Waals surface area contributed by atoms with Gasteiger partial charge in [-0.05, 0) is 24.1 Å². The summed E-state index contributed by atoms with van der Waals surface area (Å²) in [4.78, 5) is 15.9. The second kappa shape index (κ2) is 6.90. The summed E-state index contributed by atoms with van der Waals surface area (Å²) in [7, 11) is 0. The molecule has 1 atom stereocenters. The fourth-order valence-electron chi connectivity index (χ4n) is 1.81. The molecular weight excluding hydrogens is 260 g/mol. The summed E-state index contributed by atoms with van der Waals surface area (Å²) in [5.41, 5.74) is 1.70. The number of alkyl halides is 1. The number of amides is 1. The molecule has 0 aliphatic carbocycles. The van der Waals surface area contributed by atoms with Crippen LogP contribution in [0.1, 0.15) is 15.9 Å². The summed E-state index contributed by atoms with van der Waals surface area (Å²) in [6.45, 7) is 0. The van der Waals surface area contributed by atoms with Crippen LogP contribution in [-0.2, 0) is 6.42 Å². The molecule has 0 saturated carbocycles. The van der Waals surface area contributed by atoms with Crippen molar-refractivity contribution < 1.29 is 4.79 Å². The van der Waals surface area contributed by atoms with Gasteiger partial charge in [-0.15, -0.1) is 11.6 Å². The molecule has 2 aromatic rings. The van der Waals surface area contributed by atoms with E-state index >= 15 is 0 Å². The second-order valence-electron chi connectivity index (χ2n) is 4.26. The van der Waals surface area contributed by atoms with E-state index in [0.717, 1.165) is 12.0 Å². The van der Waals surface area contributed by atoms with Crippen molar-refractivity contribution in [2.75, 3.05) is 5.88 Å². The van der Waals surface area contributed by atoms with E-state index in [4.69, 9.17) is 11.6 Å². The first-order chi connectivity index (χ1) is 9.29. The average molecular weight is 275 g/mol. The minimum absolute atomic E-state index is 0.0863. The maximum absolute atomic E-state index is 12.0. The Labute approximate surface area is 117 Å². The molecular formula is C15H15ClN2O. The van der Waals surface area contributed by atoms with Gasteiger partial charge in [-0.2, -0.15) is 0 Å². The molecule has 0 aliphatic rings. The zero-order chi connectivity index (χ0) is 13.5. The molecule has 1 heterocycles. The average Bonchev–Trinajstić information content (AvgIpc) is 2.48. The summed E-state index contributed by atoms with van der Waals surface area (Å²) < 4.78 is 0. The van der Waals surface area contributed by atoms with E-state index < -0.39 is 0 Å². The molecule has 0 radical (unpaired) electrons. The smallest absolute Gasteiger partial charge is 0.253 e. The molecule has 19 heavy (non-hydrogen) atoms. The lowest BCUT2D eigenvalue weighted by atomic mass is 10.1. The molecule has 3 nitrogen and oxygen atoms in total. The predicted octanol–water partition coefficient (Wildman–Crippen LogP) is 2.66. The first kappa shape index (κ1) is 13.6. The van der Waals surface area contributed by atoms with Gasteiger partial charge in [-0.1, -0.05) is 30.3 Å². The zero-order valence-electron chi connectivity index (χ0n) is 10.4. The number of benzene rings is 1. The third-order valence-electron chi connectivity index (χ3n) is 2.77. The second-order valence-corrected chi connectivity index (χ2v) is 4.56. The van der Waals surface area contributed by atoms with Crippen molar-refractivity contribution in [1.29, 1.82) is 0 Å². The molecule has 2 rings (SSSR count). The van der Waals surface area contributed by atoms with Gasteiger partial charge in [-0.25, -0.2) is 0 Å². The molecule has 0 fully saturated rings. The van der Waals surface area contributed by atoms with Gasteiger partial charge in [0.1, 0.15) is 0 Å². The topological polar surface area (TPSA) is 42.0 Å². The molecule has 1 aromatic heterocycles. The number of halogens is 1. The van der Waals surface area contributed by atoms with Crippen LogP contribution in [0.4, 0.5) is 0 Å². The van der Waals surface area contributed by atoms with Crippen LogP contribution in [0.5, 0.6) is 0 Å². The van der Waals surface area contributed by atoms with Crippen molar-refractivity contribution in [1.82, 2.24) is 10.3 Å². The van der Waals surface area contributed by atoms with E-state index in [1.165, 1.54) is 0 Å². The van der Waals surface area contributed by atoms with Crippen LogP contribution in [-0.4, -0.2) is 22.8 Å². The van der Waals surface area contributed by atoms with Gasteiger partial charge in [0, 0.05) is 24.3 Å². The lowest BCUT2D eigenvalue weighted by molar-refractivity contribution is 0.0940. The highest BCUT2D eigenvalue weighted by Crippen LogP contribution is 2.06. The summed E-state index contributed by atoms with van der Waals surface area (Å²) in [5.74, 6) is 0.232. The predicted molar refractivity (Wildman–Crippen MR) is 76.4 cm³/mol. The number of hydrogen-bond acceptors (Lipinski definition) is 2. The van der Waals surface area contributed by atoms with Crippen LogP contribution in [0, 0.1) is 0 Å². The Kier molecular flexibility index (Phi) is 4.93. The van der Waals surface area contributed by atoms with E-state index in [9.17, 15) is 4.79 Å². The molecule has 98 valence electrons. The van der Waals surface area contributed by atoms with Crippen molar-refractivity contribution in [2.24, 2.45) is 0 Å². The van der Waals surface area contributed by atoms with Gasteiger partial charge in [0.15, 0.2) is 0 Å². The quantitative estimate of drug-likeness (QED) is 0.852. The number of carbonyl (C=O) groups excluding carboxylic acids is 1. The Bertz CT molecular complexity index is 516. The van der Waals surface area contributed by atoms with E-state index in [-0.39, 0.29) is 11.9 Å². The van der Waals surface area contributed by atoms with E-state index in [0.29, 0.717) is 11.4 Å². The number of aromatic nitrogens is 1. The number of hydrogen-bond donors (Lipinski definition) is 1. The Morgan fingerprint density at radius 2 is 2.00 bits per heavy atom. The van der Waals surface area contributed by atoms with Crippen LogP contribution < -0.4 is 5.32 Å². The monoisotopic (exact) mass is 274 g/mol. The number of carbonyl (C=O) groups is 1. The number of rotatable bonds is 5. The fourth-order valence-corrected chi connectivity index (χ4v) is 1.99. The molecule has 1 unspecified atom stereocenters. The molecule has 0 saturated heterocycles. The summed E-state index contributed by atoms with van der Waals surface area (Å²) in [6.07, 6.45) is 3.90. The van der Waals surface area contributed by atoms with Gasteiger partial charge >= 0.3 is 0 Å². The highest BCUT2D eigenvalue weighted by molar-refractivity contribution is 6.18. The number of nitrogens with one attached hydrogen (secondary N) is 1. The van der Waals surface area contributed by atoms with Crippen molar-refractivity contribution in [2.45, 2.75) is 12.5 Å². The summed E-state index contributed by atoms with van der Waals surface area (Å²) >= 11 is 5.92. The van der Waals surface area contributed by atoms with Gasteiger partial charge in [-0.3, -0.25) is 9.78 Å². The van der Waals surface area contributed by atoms with Crippen LogP contribution in [0.2, 0.25) is 0 Å². The van der Waals surface area contributed by atoms with Crippen LogP contribution >= 0.6 is 11.6 Å². The Hall–Kier alpha value is -1.87. The molecule has 0 aliphatic heterocycles. The highest BCUT2D eigenvalue weighted by Gasteiger charge is 2.13. The lowest BCUT2D eigenvalue weighted by Gasteiger charge is -2.16. The van der Waals surface area contributed by atoms with Crippen molar-refractivity contribution in [3.63, 3.8) is 0 Å². The van der Waals surface area contributed by atoms with Crippen LogP contribution in [0.3, 0.4) is 0 Å². The molecule has 1 aromatic carbocycles. The maximum Gasteiger partial charge on any atom is 0.253 e. The molecule has 1 N–H and O–H groups in total. The third-order valence-corrected chi connectivity index (χ3v) is 3.14. The van der Waals surface area contributed by atoms with Crippen LogP contribution in [0.25, 0.3) is 0 Å². The van der Waals surface area contributed by atoms with Gasteiger partial charge in [0.05, 0.1) is 5.56 Å². The van der Waals surface area contributed by atoms with Gasteiger partial charge in [0.25, 0.3) is 5.91 Å². The normalized spacial score (nSPS) is 11.8. The number of nitrogens with zero attached hydrogens (tertiary/aromatic N) is 1. The SMILES string of the molecule is O=C(NC(CCl)Cc1ccccc1)c1cccnc1. The molecule has 1 amide bonds. The van der Waals surface area contributed by atoms with E-state index in [2.05, 4.69) is 10.3 Å². The van der Waals surface area contributed by atoms with Crippen molar-refractivity contribution >= 4 is 17.5 Å². The Morgan fingerprint density at radius 1 is 1.21 bits per heavy atom. The minimum atomic E-state index is -0.144. The maximum atomic E-state index is 12.0. The zero-order valence-corrected chi connectivity index (χ0v) is 11.2. The van der Waals surface area contributed by atoms with Crippen molar-refractivity contribution in [3.05, 3.63) is 66.0 Å². The Morgan fingerprint density at radius 3 is 2.63 bits per heavy atom. The molecule has 0 spiro atoms. The fraction of sp³-hybridized carbons (Fsp3) is 0.200.